The Morgan fingerprint density at radius 1 is 0.667 bits per heavy atom. The molecule has 44 valence electrons. The molecule has 6 heteroatoms. The quantitative estimate of drug-likeness (QED) is 0.599. The second-order valence-corrected chi connectivity index (χ2v) is 3.90. The Balaban J connectivity index is 3.73. The Morgan fingerprint density at radius 3 is 0.667 bits per heavy atom. The van der Waals surface area contributed by atoms with Crippen LogP contribution in [0.5, 0.6) is 0 Å². The summed E-state index contributed by atoms with van der Waals surface area (Å²) in [5, 5.41) is 0. The molecule has 0 amide bonds. The SMILES string of the molecule is [F][Ir]([F])([F])([F])[F]. The molecule has 0 unspecified atom stereocenters. The van der Waals surface area contributed by atoms with Gasteiger partial charge in [0.1, 0.15) is 0 Å². The van der Waals surface area contributed by atoms with Crippen LogP contribution in [0.15, 0.2) is 0 Å². The maximum absolute atomic E-state index is 9.90. The zero-order chi connectivity index (χ0) is 5.45. The van der Waals surface area contributed by atoms with Crippen LogP contribution in [0.25, 0.3) is 0 Å². The molecule has 0 saturated carbocycles. The van der Waals surface area contributed by atoms with Gasteiger partial charge in [-0.2, -0.15) is 0 Å². The van der Waals surface area contributed by atoms with E-state index < -0.39 is 16.6 Å². The summed E-state index contributed by atoms with van der Waals surface area (Å²) in [6.45, 7) is 0. The summed E-state index contributed by atoms with van der Waals surface area (Å²) in [6, 6.07) is 0. The predicted molar refractivity (Wildman–Crippen MR) is 5.54 cm³/mol. The molecule has 0 aromatic carbocycles. The van der Waals surface area contributed by atoms with Gasteiger partial charge in [0, 0.05) is 0 Å². The summed E-state index contributed by atoms with van der Waals surface area (Å²) in [5.74, 6) is 0. The van der Waals surface area contributed by atoms with E-state index in [1.807, 2.05) is 0 Å². The number of rotatable bonds is 0. The Labute approximate surface area is 33.8 Å². The van der Waals surface area contributed by atoms with Gasteiger partial charge >= 0.3 is 32.9 Å². The Morgan fingerprint density at radius 2 is 0.667 bits per heavy atom. The zero-order valence-corrected chi connectivity index (χ0v) is 4.62. The molecule has 0 aromatic heterocycles. The molecule has 0 aliphatic carbocycles. The van der Waals surface area contributed by atoms with Gasteiger partial charge in [-0.3, -0.25) is 0 Å². The Hall–Kier alpha value is 0.299. The maximum atomic E-state index is 9.90. The minimum atomic E-state index is -9.10. The van der Waals surface area contributed by atoms with Crippen molar-refractivity contribution in [3.05, 3.63) is 0 Å². The van der Waals surface area contributed by atoms with Crippen LogP contribution in [0.2, 0.25) is 0 Å². The van der Waals surface area contributed by atoms with Gasteiger partial charge in [0.05, 0.1) is 0 Å². The monoisotopic (exact) mass is 288 g/mol. The molecule has 0 nitrogen and oxygen atoms in total. The van der Waals surface area contributed by atoms with E-state index in [9.17, 15) is 16.3 Å². The van der Waals surface area contributed by atoms with Crippen molar-refractivity contribution in [3.63, 3.8) is 0 Å². The van der Waals surface area contributed by atoms with E-state index in [2.05, 4.69) is 0 Å². The van der Waals surface area contributed by atoms with E-state index >= 15 is 0 Å². The Bertz CT molecular complexity index is 37.1. The molecule has 6 heavy (non-hydrogen) atoms. The van der Waals surface area contributed by atoms with Crippen molar-refractivity contribution < 1.29 is 32.9 Å². The van der Waals surface area contributed by atoms with Crippen LogP contribution in [0.4, 0.5) is 16.3 Å². The van der Waals surface area contributed by atoms with E-state index in [4.69, 9.17) is 0 Å². The first kappa shape index (κ1) is 6.30. The molecule has 0 radical (unpaired) electrons. The van der Waals surface area contributed by atoms with Gasteiger partial charge < -0.3 is 0 Å². The van der Waals surface area contributed by atoms with Crippen LogP contribution >= 0.6 is 0 Å². The van der Waals surface area contributed by atoms with Crippen molar-refractivity contribution in [2.45, 2.75) is 0 Å². The molecule has 0 saturated heterocycles. The molecule has 0 rings (SSSR count). The minimum absolute atomic E-state index is 9.10. The second-order valence-electron chi connectivity index (χ2n) is 0.476. The molecule has 0 bridgehead atoms. The van der Waals surface area contributed by atoms with Crippen LogP contribution in [0, 0.1) is 0 Å². The molecule has 0 aliphatic heterocycles. The van der Waals surface area contributed by atoms with Crippen LogP contribution < -0.4 is 0 Å². The third kappa shape index (κ3) is 522. The third-order valence-electron chi connectivity index (χ3n) is 0. The van der Waals surface area contributed by atoms with E-state index in [0.717, 1.165) is 0 Å². The fraction of sp³-hybridized carbons (Fsp3) is 0. The van der Waals surface area contributed by atoms with Crippen LogP contribution in [0.1, 0.15) is 0 Å². The summed E-state index contributed by atoms with van der Waals surface area (Å²) in [6.07, 6.45) is 0. The normalized spacial score (nSPS) is 19.2. The van der Waals surface area contributed by atoms with Crippen molar-refractivity contribution in [2.75, 3.05) is 0 Å². The van der Waals surface area contributed by atoms with Gasteiger partial charge in [0.2, 0.25) is 0 Å². The summed E-state index contributed by atoms with van der Waals surface area (Å²) >= 11 is -9.10. The molecule has 0 spiro atoms. The summed E-state index contributed by atoms with van der Waals surface area (Å²) in [7, 11) is 0. The van der Waals surface area contributed by atoms with Gasteiger partial charge in [-0.1, -0.05) is 0 Å². The van der Waals surface area contributed by atoms with Crippen molar-refractivity contribution in [1.29, 1.82) is 0 Å². The van der Waals surface area contributed by atoms with Gasteiger partial charge in [-0.05, 0) is 0 Å². The summed E-state index contributed by atoms with van der Waals surface area (Å²) in [4.78, 5) is 0. The van der Waals surface area contributed by atoms with Gasteiger partial charge in [-0.15, -0.1) is 0 Å². The first-order valence-corrected chi connectivity index (χ1v) is 5.16. The molecule has 0 atom stereocenters. The summed E-state index contributed by atoms with van der Waals surface area (Å²) < 4.78 is 49.5. The van der Waals surface area contributed by atoms with Gasteiger partial charge in [0.25, 0.3) is 0 Å². The molecule has 0 fully saturated rings. The van der Waals surface area contributed by atoms with Gasteiger partial charge in [-0.25, -0.2) is 0 Å². The van der Waals surface area contributed by atoms with Gasteiger partial charge in [0.15, 0.2) is 0 Å². The van der Waals surface area contributed by atoms with E-state index in [1.165, 1.54) is 0 Å². The number of hydrogen-bond donors (Lipinski definition) is 0. The molecule has 0 aliphatic rings. The van der Waals surface area contributed by atoms with E-state index in [-0.39, 0.29) is 0 Å². The average Bonchev–Trinajstić information content (AvgIpc) is 0.650. The topological polar surface area (TPSA) is 0 Å². The van der Waals surface area contributed by atoms with Crippen molar-refractivity contribution in [3.8, 4) is 0 Å². The van der Waals surface area contributed by atoms with Crippen LogP contribution in [0.3, 0.4) is 0 Å². The standard InChI is InChI=1S/5FH.Ir/h5*1H;/q;;;;;+5/p-5. The van der Waals surface area contributed by atoms with Crippen molar-refractivity contribution >= 4 is 0 Å². The molecule has 0 aromatic rings. The van der Waals surface area contributed by atoms with Crippen molar-refractivity contribution in [2.24, 2.45) is 0 Å². The number of halogens is 5. The van der Waals surface area contributed by atoms with Crippen molar-refractivity contribution in [1.82, 2.24) is 0 Å². The predicted octanol–water partition coefficient (Wildman–Crippen LogP) is 2.10. The Kier molecular flexibility index (Phi) is 0.970. The fourth-order valence-corrected chi connectivity index (χ4v) is 0. The molecule has 0 heterocycles. The molecular weight excluding hydrogens is 287 g/mol. The molecule has 0 N–H and O–H groups in total. The number of hydrogen-bond acceptors (Lipinski definition) is 0. The second kappa shape index (κ2) is 0.923. The fourth-order valence-electron chi connectivity index (χ4n) is 0. The first-order valence-electron chi connectivity index (χ1n) is 0.630. The van der Waals surface area contributed by atoms with E-state index in [1.54, 1.807) is 0 Å². The zero-order valence-electron chi connectivity index (χ0n) is 2.22. The first-order chi connectivity index (χ1) is 2.24. The molecular formula is F5Ir. The average molecular weight is 287 g/mol. The van der Waals surface area contributed by atoms with Crippen LogP contribution in [-0.4, -0.2) is 0 Å². The van der Waals surface area contributed by atoms with E-state index in [0.29, 0.717) is 0 Å². The van der Waals surface area contributed by atoms with Crippen LogP contribution in [-0.2, 0) is 16.6 Å². The third-order valence-corrected chi connectivity index (χ3v) is 0. The summed E-state index contributed by atoms with van der Waals surface area (Å²) in [5.41, 5.74) is 0.